The van der Waals surface area contributed by atoms with E-state index in [1.54, 1.807) is 18.3 Å². The highest BCUT2D eigenvalue weighted by Crippen LogP contribution is 2.29. The fourth-order valence-electron chi connectivity index (χ4n) is 1.72. The minimum Gasteiger partial charge on any atom is -0.477 e. The summed E-state index contributed by atoms with van der Waals surface area (Å²) < 4.78 is 9.70. The summed E-state index contributed by atoms with van der Waals surface area (Å²) >= 11 is 1.27. The molecule has 0 atom stereocenters. The van der Waals surface area contributed by atoms with Crippen LogP contribution < -0.4 is 10.1 Å². The maximum atomic E-state index is 12.1. The van der Waals surface area contributed by atoms with Crippen molar-refractivity contribution < 1.29 is 9.53 Å². The fourth-order valence-corrected chi connectivity index (χ4v) is 2.38. The number of hydrogen-bond donors (Lipinski definition) is 1. The Labute approximate surface area is 121 Å². The van der Waals surface area contributed by atoms with E-state index in [9.17, 15) is 4.79 Å². The van der Waals surface area contributed by atoms with Gasteiger partial charge in [-0.2, -0.15) is 4.37 Å². The standard InChI is InChI=1S/C14H15N3O2S/c1-9-6-13(20-17-9)16-14(18)11-4-5-15-12(7-11)19-8-10-2-3-10/h4-7,10H,2-3,8H2,1H3,(H,16,18). The van der Waals surface area contributed by atoms with Gasteiger partial charge in [-0.15, -0.1) is 0 Å². The van der Waals surface area contributed by atoms with Crippen molar-refractivity contribution in [3.63, 3.8) is 0 Å². The third-order valence-electron chi connectivity index (χ3n) is 3.03. The average Bonchev–Trinajstić information content (AvgIpc) is 3.19. The third-order valence-corrected chi connectivity index (χ3v) is 3.82. The smallest absolute Gasteiger partial charge is 0.256 e. The number of nitrogens with zero attached hydrogens (tertiary/aromatic N) is 2. The van der Waals surface area contributed by atoms with Crippen molar-refractivity contribution in [3.8, 4) is 5.88 Å². The zero-order valence-corrected chi connectivity index (χ0v) is 11.9. The lowest BCUT2D eigenvalue weighted by Gasteiger charge is -2.06. The van der Waals surface area contributed by atoms with Gasteiger partial charge in [0.25, 0.3) is 5.91 Å². The molecule has 1 fully saturated rings. The summed E-state index contributed by atoms with van der Waals surface area (Å²) in [5.41, 5.74) is 1.44. The summed E-state index contributed by atoms with van der Waals surface area (Å²) in [6.07, 6.45) is 4.05. The van der Waals surface area contributed by atoms with Gasteiger partial charge in [-0.25, -0.2) is 4.98 Å². The quantitative estimate of drug-likeness (QED) is 0.919. The predicted octanol–water partition coefficient (Wildman–Crippen LogP) is 2.89. The van der Waals surface area contributed by atoms with Gasteiger partial charge in [-0.05, 0) is 49.3 Å². The Balaban J connectivity index is 1.65. The molecule has 3 rings (SSSR count). The van der Waals surface area contributed by atoms with E-state index in [4.69, 9.17) is 4.74 Å². The van der Waals surface area contributed by atoms with E-state index in [0.29, 0.717) is 24.0 Å². The average molecular weight is 289 g/mol. The van der Waals surface area contributed by atoms with Crippen molar-refractivity contribution in [1.82, 2.24) is 9.36 Å². The molecule has 104 valence electrons. The molecule has 2 heterocycles. The summed E-state index contributed by atoms with van der Waals surface area (Å²) in [4.78, 5) is 16.2. The minimum atomic E-state index is -0.174. The Hall–Kier alpha value is -1.95. The van der Waals surface area contributed by atoms with Crippen LogP contribution in [0.25, 0.3) is 0 Å². The van der Waals surface area contributed by atoms with E-state index in [1.807, 2.05) is 13.0 Å². The van der Waals surface area contributed by atoms with Crippen LogP contribution in [0.2, 0.25) is 0 Å². The molecule has 6 heteroatoms. The number of nitrogens with one attached hydrogen (secondary N) is 1. The van der Waals surface area contributed by atoms with Crippen LogP contribution in [-0.4, -0.2) is 21.9 Å². The largest absolute Gasteiger partial charge is 0.477 e. The number of pyridine rings is 1. The molecule has 2 aromatic heterocycles. The zero-order chi connectivity index (χ0) is 13.9. The van der Waals surface area contributed by atoms with Gasteiger partial charge in [-0.1, -0.05) is 0 Å². The van der Waals surface area contributed by atoms with Crippen molar-refractivity contribution in [3.05, 3.63) is 35.7 Å². The van der Waals surface area contributed by atoms with Gasteiger partial charge in [-0.3, -0.25) is 4.79 Å². The maximum absolute atomic E-state index is 12.1. The topological polar surface area (TPSA) is 64.1 Å². The summed E-state index contributed by atoms with van der Waals surface area (Å²) in [5.74, 6) is 0.992. The Morgan fingerprint density at radius 3 is 3.05 bits per heavy atom. The SMILES string of the molecule is Cc1cc(NC(=O)c2ccnc(OCC3CC3)c2)sn1. The van der Waals surface area contributed by atoms with Gasteiger partial charge in [0.05, 0.1) is 12.3 Å². The lowest BCUT2D eigenvalue weighted by molar-refractivity contribution is 0.102. The number of carbonyl (C=O) groups excluding carboxylic acids is 1. The van der Waals surface area contributed by atoms with Crippen LogP contribution in [-0.2, 0) is 0 Å². The molecule has 1 amide bonds. The highest BCUT2D eigenvalue weighted by molar-refractivity contribution is 7.10. The van der Waals surface area contributed by atoms with Crippen LogP contribution in [0.4, 0.5) is 5.00 Å². The van der Waals surface area contributed by atoms with E-state index >= 15 is 0 Å². The van der Waals surface area contributed by atoms with Crippen molar-refractivity contribution in [2.24, 2.45) is 5.92 Å². The summed E-state index contributed by atoms with van der Waals surface area (Å²) in [5, 5.41) is 3.56. The molecule has 1 aliphatic rings. The van der Waals surface area contributed by atoms with Gasteiger partial charge in [0.2, 0.25) is 5.88 Å². The van der Waals surface area contributed by atoms with Gasteiger partial charge < -0.3 is 10.1 Å². The fraction of sp³-hybridized carbons (Fsp3) is 0.357. The number of anilines is 1. The molecule has 1 aliphatic carbocycles. The Morgan fingerprint density at radius 1 is 1.50 bits per heavy atom. The molecule has 0 unspecified atom stereocenters. The molecular formula is C14H15N3O2S. The first-order valence-corrected chi connectivity index (χ1v) is 7.31. The third kappa shape index (κ3) is 3.33. The lowest BCUT2D eigenvalue weighted by Crippen LogP contribution is -2.11. The van der Waals surface area contributed by atoms with Gasteiger partial charge in [0.15, 0.2) is 0 Å². The van der Waals surface area contributed by atoms with Crippen molar-refractivity contribution in [2.75, 3.05) is 11.9 Å². The normalized spacial score (nSPS) is 14.1. The van der Waals surface area contributed by atoms with Crippen molar-refractivity contribution >= 4 is 22.4 Å². The Morgan fingerprint density at radius 2 is 2.35 bits per heavy atom. The molecule has 20 heavy (non-hydrogen) atoms. The molecule has 1 N–H and O–H groups in total. The van der Waals surface area contributed by atoms with Crippen molar-refractivity contribution in [2.45, 2.75) is 19.8 Å². The highest BCUT2D eigenvalue weighted by atomic mass is 32.1. The monoisotopic (exact) mass is 289 g/mol. The van der Waals surface area contributed by atoms with Crippen LogP contribution >= 0.6 is 11.5 Å². The number of rotatable bonds is 5. The maximum Gasteiger partial charge on any atom is 0.256 e. The molecule has 0 saturated heterocycles. The first-order valence-electron chi connectivity index (χ1n) is 6.54. The number of amides is 1. The molecule has 5 nitrogen and oxygen atoms in total. The van der Waals surface area contributed by atoms with Crippen molar-refractivity contribution in [1.29, 1.82) is 0 Å². The van der Waals surface area contributed by atoms with E-state index in [1.165, 1.54) is 24.4 Å². The molecule has 0 spiro atoms. The number of aryl methyl sites for hydroxylation is 1. The highest BCUT2D eigenvalue weighted by Gasteiger charge is 2.22. The van der Waals surface area contributed by atoms with Crippen LogP contribution in [0, 0.1) is 12.8 Å². The molecule has 2 aromatic rings. The summed E-state index contributed by atoms with van der Waals surface area (Å²) in [6, 6.07) is 5.19. The molecule has 0 aliphatic heterocycles. The van der Waals surface area contributed by atoms with E-state index in [-0.39, 0.29) is 5.91 Å². The molecular weight excluding hydrogens is 274 g/mol. The second kappa shape index (κ2) is 5.58. The molecule has 0 aromatic carbocycles. The minimum absolute atomic E-state index is 0.174. The van der Waals surface area contributed by atoms with Gasteiger partial charge in [0, 0.05) is 17.8 Å². The number of ether oxygens (including phenoxy) is 1. The van der Waals surface area contributed by atoms with E-state index in [0.717, 1.165) is 10.7 Å². The lowest BCUT2D eigenvalue weighted by atomic mass is 10.2. The van der Waals surface area contributed by atoms with Crippen LogP contribution in [0.15, 0.2) is 24.4 Å². The summed E-state index contributed by atoms with van der Waals surface area (Å²) in [6.45, 7) is 2.58. The number of carbonyl (C=O) groups is 1. The van der Waals surface area contributed by atoms with Crippen LogP contribution in [0.5, 0.6) is 5.88 Å². The van der Waals surface area contributed by atoms with Gasteiger partial charge >= 0.3 is 0 Å². The van der Waals surface area contributed by atoms with E-state index < -0.39 is 0 Å². The first-order chi connectivity index (χ1) is 9.70. The Bertz CT molecular complexity index is 622. The molecule has 0 bridgehead atoms. The zero-order valence-electron chi connectivity index (χ0n) is 11.1. The van der Waals surface area contributed by atoms with E-state index in [2.05, 4.69) is 14.7 Å². The first kappa shape index (κ1) is 13.1. The number of aromatic nitrogens is 2. The Kier molecular flexibility index (Phi) is 3.64. The molecule has 1 saturated carbocycles. The van der Waals surface area contributed by atoms with Crippen LogP contribution in [0.3, 0.4) is 0 Å². The predicted molar refractivity (Wildman–Crippen MR) is 77.3 cm³/mol. The second-order valence-electron chi connectivity index (χ2n) is 4.92. The second-order valence-corrected chi connectivity index (χ2v) is 5.73. The van der Waals surface area contributed by atoms with Gasteiger partial charge in [0.1, 0.15) is 5.00 Å². The summed E-state index contributed by atoms with van der Waals surface area (Å²) in [7, 11) is 0. The molecule has 0 radical (unpaired) electrons. The number of hydrogen-bond acceptors (Lipinski definition) is 5. The van der Waals surface area contributed by atoms with Crippen LogP contribution in [0.1, 0.15) is 28.9 Å².